The largest absolute Gasteiger partial charge is 0.389 e. The van der Waals surface area contributed by atoms with Gasteiger partial charge >= 0.3 is 0 Å². The van der Waals surface area contributed by atoms with Crippen LogP contribution >= 0.6 is 0 Å². The number of halogens is 1. The van der Waals surface area contributed by atoms with E-state index in [1.54, 1.807) is 37.3 Å². The topological polar surface area (TPSA) is 47.3 Å². The van der Waals surface area contributed by atoms with Gasteiger partial charge in [-0.1, -0.05) is 6.07 Å². The zero-order valence-electron chi connectivity index (χ0n) is 11.3. The molecule has 0 aliphatic rings. The van der Waals surface area contributed by atoms with Crippen LogP contribution in [0.1, 0.15) is 24.2 Å². The molecule has 0 radical (unpaired) electrons. The number of benzene rings is 2. The molecule has 2 aromatic carbocycles. The van der Waals surface area contributed by atoms with Crippen molar-refractivity contribution < 1.29 is 9.50 Å². The standard InChI is InChI=1S/C16H15FN2O/c1-11(20)15-8-3-12(10-18)9-16(15)19(2)14-6-4-13(17)5-7-14/h3-9,11,20H,1-2H3/t11-/m0/s1. The first-order valence-corrected chi connectivity index (χ1v) is 6.24. The predicted molar refractivity (Wildman–Crippen MR) is 76.3 cm³/mol. The van der Waals surface area contributed by atoms with E-state index in [9.17, 15) is 9.50 Å². The number of hydrogen-bond acceptors (Lipinski definition) is 3. The number of rotatable bonds is 3. The summed E-state index contributed by atoms with van der Waals surface area (Å²) in [7, 11) is 1.82. The lowest BCUT2D eigenvalue weighted by atomic mass is 10.0. The molecule has 0 aromatic heterocycles. The lowest BCUT2D eigenvalue weighted by molar-refractivity contribution is 0.200. The lowest BCUT2D eigenvalue weighted by Gasteiger charge is -2.24. The van der Waals surface area contributed by atoms with Gasteiger partial charge in [-0.2, -0.15) is 5.26 Å². The quantitative estimate of drug-likeness (QED) is 0.928. The van der Waals surface area contributed by atoms with Gasteiger partial charge in [0.05, 0.1) is 17.7 Å². The summed E-state index contributed by atoms with van der Waals surface area (Å²) in [6, 6.07) is 13.3. The maximum Gasteiger partial charge on any atom is 0.123 e. The molecular formula is C16H15FN2O. The Morgan fingerprint density at radius 1 is 1.20 bits per heavy atom. The number of hydrogen-bond donors (Lipinski definition) is 1. The number of aliphatic hydroxyl groups is 1. The maximum atomic E-state index is 13.0. The van der Waals surface area contributed by atoms with Crippen molar-refractivity contribution in [1.29, 1.82) is 5.26 Å². The van der Waals surface area contributed by atoms with E-state index in [1.807, 2.05) is 11.9 Å². The van der Waals surface area contributed by atoms with Crippen LogP contribution in [0, 0.1) is 17.1 Å². The first kappa shape index (κ1) is 14.0. The summed E-state index contributed by atoms with van der Waals surface area (Å²) < 4.78 is 13.0. The van der Waals surface area contributed by atoms with Gasteiger partial charge in [0, 0.05) is 24.0 Å². The van der Waals surface area contributed by atoms with E-state index in [4.69, 9.17) is 5.26 Å². The molecule has 0 heterocycles. The van der Waals surface area contributed by atoms with Crippen molar-refractivity contribution in [3.05, 3.63) is 59.4 Å². The molecule has 0 aliphatic carbocycles. The Hall–Kier alpha value is -2.38. The van der Waals surface area contributed by atoms with Crippen molar-refractivity contribution in [2.24, 2.45) is 0 Å². The highest BCUT2D eigenvalue weighted by atomic mass is 19.1. The number of nitriles is 1. The van der Waals surface area contributed by atoms with Crippen LogP contribution in [0.4, 0.5) is 15.8 Å². The molecule has 2 rings (SSSR count). The SMILES string of the molecule is C[C@H](O)c1ccc(C#N)cc1N(C)c1ccc(F)cc1. The Balaban J connectivity index is 2.49. The summed E-state index contributed by atoms with van der Waals surface area (Å²) >= 11 is 0. The normalized spacial score (nSPS) is 11.8. The summed E-state index contributed by atoms with van der Waals surface area (Å²) in [6.07, 6.45) is -0.652. The molecule has 1 N–H and O–H groups in total. The second-order valence-corrected chi connectivity index (χ2v) is 4.60. The van der Waals surface area contributed by atoms with E-state index in [0.29, 0.717) is 5.56 Å². The smallest absolute Gasteiger partial charge is 0.123 e. The van der Waals surface area contributed by atoms with Gasteiger partial charge < -0.3 is 10.0 Å². The van der Waals surface area contributed by atoms with Crippen molar-refractivity contribution >= 4 is 11.4 Å². The highest BCUT2D eigenvalue weighted by Crippen LogP contribution is 2.31. The molecule has 1 atom stereocenters. The van der Waals surface area contributed by atoms with Gasteiger partial charge in [0.25, 0.3) is 0 Å². The third-order valence-electron chi connectivity index (χ3n) is 3.18. The molecule has 0 bridgehead atoms. The minimum Gasteiger partial charge on any atom is -0.389 e. The van der Waals surface area contributed by atoms with Crippen molar-refractivity contribution in [2.75, 3.05) is 11.9 Å². The first-order chi connectivity index (χ1) is 9.52. The molecule has 0 fully saturated rings. The second kappa shape index (κ2) is 5.72. The van der Waals surface area contributed by atoms with Crippen LogP contribution in [0.15, 0.2) is 42.5 Å². The van der Waals surface area contributed by atoms with Crippen molar-refractivity contribution in [3.63, 3.8) is 0 Å². The fraction of sp³-hybridized carbons (Fsp3) is 0.188. The molecule has 3 nitrogen and oxygen atoms in total. The average Bonchev–Trinajstić information content (AvgIpc) is 2.46. The molecule has 0 saturated carbocycles. The molecule has 0 saturated heterocycles. The predicted octanol–water partition coefficient (Wildman–Crippen LogP) is 3.52. The summed E-state index contributed by atoms with van der Waals surface area (Å²) in [5.41, 5.74) is 2.74. The molecular weight excluding hydrogens is 255 g/mol. The van der Waals surface area contributed by atoms with E-state index in [-0.39, 0.29) is 5.82 Å². The zero-order chi connectivity index (χ0) is 14.7. The zero-order valence-corrected chi connectivity index (χ0v) is 11.3. The van der Waals surface area contributed by atoms with Crippen molar-refractivity contribution in [3.8, 4) is 6.07 Å². The first-order valence-electron chi connectivity index (χ1n) is 6.24. The van der Waals surface area contributed by atoms with Crippen molar-refractivity contribution in [1.82, 2.24) is 0 Å². The van der Waals surface area contributed by atoms with Crippen LogP contribution in [0.5, 0.6) is 0 Å². The van der Waals surface area contributed by atoms with Gasteiger partial charge in [-0.3, -0.25) is 0 Å². The maximum absolute atomic E-state index is 13.0. The Kier molecular flexibility index (Phi) is 4.02. The van der Waals surface area contributed by atoms with E-state index in [1.165, 1.54) is 12.1 Å². The van der Waals surface area contributed by atoms with Crippen LogP contribution < -0.4 is 4.90 Å². The van der Waals surface area contributed by atoms with E-state index in [0.717, 1.165) is 16.9 Å². The molecule has 2 aromatic rings. The highest BCUT2D eigenvalue weighted by Gasteiger charge is 2.14. The fourth-order valence-corrected chi connectivity index (χ4v) is 2.06. The Bertz CT molecular complexity index is 645. The lowest BCUT2D eigenvalue weighted by Crippen LogP contribution is -2.13. The van der Waals surface area contributed by atoms with E-state index in [2.05, 4.69) is 6.07 Å². The second-order valence-electron chi connectivity index (χ2n) is 4.60. The van der Waals surface area contributed by atoms with Crippen LogP contribution in [0.25, 0.3) is 0 Å². The Morgan fingerprint density at radius 3 is 2.40 bits per heavy atom. The summed E-state index contributed by atoms with van der Waals surface area (Å²) in [5, 5.41) is 18.8. The average molecular weight is 270 g/mol. The molecule has 0 aliphatic heterocycles. The van der Waals surface area contributed by atoms with Crippen molar-refractivity contribution in [2.45, 2.75) is 13.0 Å². The van der Waals surface area contributed by atoms with Gasteiger partial charge in [-0.25, -0.2) is 4.39 Å². The number of nitrogens with zero attached hydrogens (tertiary/aromatic N) is 2. The molecule has 0 amide bonds. The third-order valence-corrected chi connectivity index (χ3v) is 3.18. The summed E-state index contributed by atoms with van der Waals surface area (Å²) in [4.78, 5) is 1.82. The van der Waals surface area contributed by atoms with Gasteiger partial charge in [0.2, 0.25) is 0 Å². The van der Waals surface area contributed by atoms with Gasteiger partial charge in [0.15, 0.2) is 0 Å². The summed E-state index contributed by atoms with van der Waals surface area (Å²) in [5.74, 6) is -0.302. The van der Waals surface area contributed by atoms with Crippen LogP contribution in [-0.4, -0.2) is 12.2 Å². The van der Waals surface area contributed by atoms with Gasteiger partial charge in [0.1, 0.15) is 5.82 Å². The number of aliphatic hydroxyl groups excluding tert-OH is 1. The molecule has 20 heavy (non-hydrogen) atoms. The minimum atomic E-state index is -0.652. The third kappa shape index (κ3) is 2.79. The van der Waals surface area contributed by atoms with Gasteiger partial charge in [-0.15, -0.1) is 0 Å². The van der Waals surface area contributed by atoms with E-state index < -0.39 is 6.10 Å². The molecule has 0 spiro atoms. The minimum absolute atomic E-state index is 0.302. The summed E-state index contributed by atoms with van der Waals surface area (Å²) in [6.45, 7) is 1.67. The fourth-order valence-electron chi connectivity index (χ4n) is 2.06. The van der Waals surface area contributed by atoms with Crippen LogP contribution in [-0.2, 0) is 0 Å². The number of anilines is 2. The van der Waals surface area contributed by atoms with Crippen LogP contribution in [0.3, 0.4) is 0 Å². The van der Waals surface area contributed by atoms with Crippen LogP contribution in [0.2, 0.25) is 0 Å². The Labute approximate surface area is 117 Å². The molecule has 102 valence electrons. The monoisotopic (exact) mass is 270 g/mol. The highest BCUT2D eigenvalue weighted by molar-refractivity contribution is 5.67. The Morgan fingerprint density at radius 2 is 1.85 bits per heavy atom. The molecule has 4 heteroatoms. The van der Waals surface area contributed by atoms with Gasteiger partial charge in [-0.05, 0) is 43.3 Å². The van der Waals surface area contributed by atoms with E-state index >= 15 is 0 Å². The molecule has 0 unspecified atom stereocenters.